The van der Waals surface area contributed by atoms with Gasteiger partial charge in [-0.2, -0.15) is 0 Å². The Morgan fingerprint density at radius 1 is 0.966 bits per heavy atom. The summed E-state index contributed by atoms with van der Waals surface area (Å²) in [4.78, 5) is 16.0. The van der Waals surface area contributed by atoms with Crippen LogP contribution in [0.4, 0.5) is 5.69 Å². The predicted molar refractivity (Wildman–Crippen MR) is 116 cm³/mol. The summed E-state index contributed by atoms with van der Waals surface area (Å²) in [7, 11) is 4.70. The molecule has 0 radical (unpaired) electrons. The molecule has 0 bridgehead atoms. The largest absolute Gasteiger partial charge is 0.493 e. The Kier molecular flexibility index (Phi) is 6.77. The van der Waals surface area contributed by atoms with Gasteiger partial charge >= 0.3 is 0 Å². The molecule has 0 saturated carbocycles. The second-order valence-electron chi connectivity index (χ2n) is 6.61. The standard InChI is InChI=1S/C23H25NO4S/c1-16-7-9-17(10-8-16)15-24(22(25)14-19-6-5-11-29-19)18-12-20(26-2)23(28-4)21(13-18)27-3/h5-13H,14-15H2,1-4H3. The average Bonchev–Trinajstić information content (AvgIpc) is 3.25. The molecule has 0 aliphatic carbocycles. The van der Waals surface area contributed by atoms with Crippen molar-refractivity contribution in [1.29, 1.82) is 0 Å². The highest BCUT2D eigenvalue weighted by molar-refractivity contribution is 7.10. The summed E-state index contributed by atoms with van der Waals surface area (Å²) in [5, 5.41) is 1.98. The zero-order valence-corrected chi connectivity index (χ0v) is 17.9. The van der Waals surface area contributed by atoms with Crippen molar-refractivity contribution in [3.63, 3.8) is 0 Å². The van der Waals surface area contributed by atoms with Crippen molar-refractivity contribution in [2.75, 3.05) is 26.2 Å². The highest BCUT2D eigenvalue weighted by Gasteiger charge is 2.22. The molecule has 1 heterocycles. The number of carbonyl (C=O) groups is 1. The maximum absolute atomic E-state index is 13.3. The van der Waals surface area contributed by atoms with Gasteiger partial charge in [0.25, 0.3) is 0 Å². The minimum atomic E-state index is 0.00213. The van der Waals surface area contributed by atoms with Crippen molar-refractivity contribution >= 4 is 22.9 Å². The fourth-order valence-electron chi connectivity index (χ4n) is 3.08. The number of rotatable bonds is 8. The summed E-state index contributed by atoms with van der Waals surface area (Å²) in [5.41, 5.74) is 2.92. The van der Waals surface area contributed by atoms with E-state index in [9.17, 15) is 4.79 Å². The number of anilines is 1. The van der Waals surface area contributed by atoms with E-state index in [0.29, 0.717) is 35.9 Å². The summed E-state index contributed by atoms with van der Waals surface area (Å²) in [6.07, 6.45) is 0.334. The number of hydrogen-bond donors (Lipinski definition) is 0. The quantitative estimate of drug-likeness (QED) is 0.531. The van der Waals surface area contributed by atoms with Gasteiger partial charge in [-0.05, 0) is 23.9 Å². The summed E-state index contributed by atoms with van der Waals surface area (Å²) in [5.74, 6) is 1.53. The van der Waals surface area contributed by atoms with Gasteiger partial charge in [-0.15, -0.1) is 11.3 Å². The minimum Gasteiger partial charge on any atom is -0.493 e. The molecule has 0 fully saturated rings. The second kappa shape index (κ2) is 9.47. The van der Waals surface area contributed by atoms with Crippen LogP contribution >= 0.6 is 11.3 Å². The number of aryl methyl sites for hydroxylation is 1. The number of nitrogens with zero attached hydrogens (tertiary/aromatic N) is 1. The molecule has 0 spiro atoms. The van der Waals surface area contributed by atoms with Crippen LogP contribution in [-0.4, -0.2) is 27.2 Å². The Bertz CT molecular complexity index is 927. The highest BCUT2D eigenvalue weighted by atomic mass is 32.1. The van der Waals surface area contributed by atoms with E-state index in [1.807, 2.05) is 60.8 Å². The molecule has 0 saturated heterocycles. The summed E-state index contributed by atoms with van der Waals surface area (Å²) in [6.45, 7) is 2.49. The summed E-state index contributed by atoms with van der Waals surface area (Å²) < 4.78 is 16.4. The van der Waals surface area contributed by atoms with Crippen molar-refractivity contribution in [2.24, 2.45) is 0 Å². The Balaban J connectivity index is 2.01. The van der Waals surface area contributed by atoms with Gasteiger partial charge in [-0.25, -0.2) is 0 Å². The third kappa shape index (κ3) is 4.90. The highest BCUT2D eigenvalue weighted by Crippen LogP contribution is 2.41. The molecule has 0 N–H and O–H groups in total. The Hall–Kier alpha value is -2.99. The zero-order chi connectivity index (χ0) is 20.8. The summed E-state index contributed by atoms with van der Waals surface area (Å²) in [6, 6.07) is 15.7. The molecule has 2 aromatic carbocycles. The smallest absolute Gasteiger partial charge is 0.232 e. The molecular formula is C23H25NO4S. The third-order valence-corrected chi connectivity index (χ3v) is 5.51. The molecule has 152 valence electrons. The molecule has 29 heavy (non-hydrogen) atoms. The molecule has 0 aliphatic heterocycles. The third-order valence-electron chi connectivity index (χ3n) is 4.63. The molecule has 1 aromatic heterocycles. The van der Waals surface area contributed by atoms with E-state index in [-0.39, 0.29) is 5.91 Å². The Morgan fingerprint density at radius 3 is 2.14 bits per heavy atom. The van der Waals surface area contributed by atoms with Gasteiger partial charge in [0.15, 0.2) is 11.5 Å². The number of carbonyl (C=O) groups excluding carboxylic acids is 1. The lowest BCUT2D eigenvalue weighted by Crippen LogP contribution is -2.31. The van der Waals surface area contributed by atoms with Crippen LogP contribution < -0.4 is 19.1 Å². The van der Waals surface area contributed by atoms with Crippen molar-refractivity contribution < 1.29 is 19.0 Å². The van der Waals surface area contributed by atoms with E-state index < -0.39 is 0 Å². The first-order valence-corrected chi connectivity index (χ1v) is 10.1. The summed E-state index contributed by atoms with van der Waals surface area (Å²) >= 11 is 1.58. The lowest BCUT2D eigenvalue weighted by atomic mass is 10.1. The predicted octanol–water partition coefficient (Wildman–Crippen LogP) is 4.86. The van der Waals surface area contributed by atoms with Crippen LogP contribution in [0.1, 0.15) is 16.0 Å². The molecule has 3 rings (SSSR count). The monoisotopic (exact) mass is 411 g/mol. The van der Waals surface area contributed by atoms with Crippen LogP contribution in [0.15, 0.2) is 53.9 Å². The van der Waals surface area contributed by atoms with Crippen LogP contribution in [0.3, 0.4) is 0 Å². The maximum atomic E-state index is 13.3. The van der Waals surface area contributed by atoms with E-state index in [2.05, 4.69) is 0 Å². The number of benzene rings is 2. The minimum absolute atomic E-state index is 0.00213. The molecule has 0 unspecified atom stereocenters. The number of ether oxygens (including phenoxy) is 3. The van der Waals surface area contributed by atoms with Gasteiger partial charge in [0, 0.05) is 17.0 Å². The zero-order valence-electron chi connectivity index (χ0n) is 17.1. The van der Waals surface area contributed by atoms with Crippen molar-refractivity contribution in [3.05, 3.63) is 69.9 Å². The molecule has 0 aliphatic rings. The first-order valence-electron chi connectivity index (χ1n) is 9.24. The van der Waals surface area contributed by atoms with Gasteiger partial charge < -0.3 is 19.1 Å². The van der Waals surface area contributed by atoms with Crippen LogP contribution in [0, 0.1) is 6.92 Å². The lowest BCUT2D eigenvalue weighted by Gasteiger charge is -2.25. The first-order chi connectivity index (χ1) is 14.0. The second-order valence-corrected chi connectivity index (χ2v) is 7.64. The first kappa shape index (κ1) is 20.7. The van der Waals surface area contributed by atoms with E-state index in [1.165, 1.54) is 5.56 Å². The van der Waals surface area contributed by atoms with Crippen molar-refractivity contribution in [3.8, 4) is 17.2 Å². The van der Waals surface area contributed by atoms with E-state index >= 15 is 0 Å². The van der Waals surface area contributed by atoms with Gasteiger partial charge in [0.2, 0.25) is 11.7 Å². The van der Waals surface area contributed by atoms with E-state index in [1.54, 1.807) is 37.6 Å². The topological polar surface area (TPSA) is 48.0 Å². The Labute approximate surface area is 175 Å². The van der Waals surface area contributed by atoms with Gasteiger partial charge in [0.05, 0.1) is 40.0 Å². The van der Waals surface area contributed by atoms with Crippen LogP contribution in [-0.2, 0) is 17.8 Å². The van der Waals surface area contributed by atoms with Gasteiger partial charge in [0.1, 0.15) is 0 Å². The molecule has 3 aromatic rings. The molecule has 0 atom stereocenters. The van der Waals surface area contributed by atoms with Crippen LogP contribution in [0.25, 0.3) is 0 Å². The SMILES string of the molecule is COc1cc(N(Cc2ccc(C)cc2)C(=O)Cc2cccs2)cc(OC)c1OC. The molecular weight excluding hydrogens is 386 g/mol. The maximum Gasteiger partial charge on any atom is 0.232 e. The number of methoxy groups -OCH3 is 3. The fraction of sp³-hybridized carbons (Fsp3) is 0.261. The molecule has 1 amide bonds. The molecule has 5 nitrogen and oxygen atoms in total. The number of thiophene rings is 1. The van der Waals surface area contributed by atoms with E-state index in [4.69, 9.17) is 14.2 Å². The van der Waals surface area contributed by atoms with Gasteiger partial charge in [-0.1, -0.05) is 35.9 Å². The average molecular weight is 412 g/mol. The Morgan fingerprint density at radius 2 is 1.62 bits per heavy atom. The van der Waals surface area contributed by atoms with Crippen LogP contribution in [0.5, 0.6) is 17.2 Å². The van der Waals surface area contributed by atoms with Crippen LogP contribution in [0.2, 0.25) is 0 Å². The number of hydrogen-bond acceptors (Lipinski definition) is 5. The van der Waals surface area contributed by atoms with E-state index in [0.717, 1.165) is 10.4 Å². The lowest BCUT2D eigenvalue weighted by molar-refractivity contribution is -0.118. The normalized spacial score (nSPS) is 10.5. The van der Waals surface area contributed by atoms with Gasteiger partial charge in [-0.3, -0.25) is 4.79 Å². The number of amides is 1. The molecule has 6 heteroatoms. The fourth-order valence-corrected chi connectivity index (χ4v) is 3.78. The van der Waals surface area contributed by atoms with Crippen molar-refractivity contribution in [1.82, 2.24) is 0 Å². The van der Waals surface area contributed by atoms with Crippen molar-refractivity contribution in [2.45, 2.75) is 19.9 Å².